The van der Waals surface area contributed by atoms with E-state index in [1.165, 1.54) is 28.9 Å². The molecule has 1 atom stereocenters. The molecule has 1 heterocycles. The van der Waals surface area contributed by atoms with Crippen LogP contribution in [0, 0.1) is 5.92 Å². The highest BCUT2D eigenvalue weighted by molar-refractivity contribution is 5.94. The normalized spacial score (nSPS) is 14.9. The number of methoxy groups -OCH3 is 1. The van der Waals surface area contributed by atoms with E-state index in [-0.39, 0.29) is 5.91 Å². The molecular formula is C30H30N2O2. The van der Waals surface area contributed by atoms with Crippen LogP contribution in [0.5, 0.6) is 5.75 Å². The predicted molar refractivity (Wildman–Crippen MR) is 137 cm³/mol. The summed E-state index contributed by atoms with van der Waals surface area (Å²) in [6.45, 7) is 2.81. The fraction of sp³-hybridized carbons (Fsp3) is 0.233. The maximum atomic E-state index is 12.8. The van der Waals surface area contributed by atoms with E-state index in [0.29, 0.717) is 18.0 Å². The van der Waals surface area contributed by atoms with Gasteiger partial charge in [0, 0.05) is 23.5 Å². The molecule has 1 amide bonds. The van der Waals surface area contributed by atoms with Gasteiger partial charge in [0.1, 0.15) is 5.75 Å². The van der Waals surface area contributed by atoms with Crippen molar-refractivity contribution in [1.82, 2.24) is 9.88 Å². The van der Waals surface area contributed by atoms with E-state index < -0.39 is 0 Å². The second kappa shape index (κ2) is 9.60. The number of fused-ring (bicyclic) bond motifs is 1. The highest BCUT2D eigenvalue weighted by atomic mass is 16.5. The summed E-state index contributed by atoms with van der Waals surface area (Å²) in [7, 11) is 1.65. The van der Waals surface area contributed by atoms with Crippen molar-refractivity contribution in [1.29, 1.82) is 0 Å². The zero-order valence-electron chi connectivity index (χ0n) is 19.8. The molecule has 0 bridgehead atoms. The van der Waals surface area contributed by atoms with E-state index in [0.717, 1.165) is 29.8 Å². The Morgan fingerprint density at radius 2 is 1.74 bits per heavy atom. The molecule has 1 N–H and O–H groups in total. The van der Waals surface area contributed by atoms with Crippen molar-refractivity contribution >= 4 is 5.91 Å². The van der Waals surface area contributed by atoms with Crippen LogP contribution < -0.4 is 10.1 Å². The molecule has 4 aromatic rings. The number of carbonyl (C=O) groups excluding carboxylic acids is 1. The minimum absolute atomic E-state index is 0.0750. The average molecular weight is 451 g/mol. The molecule has 0 aliphatic heterocycles. The van der Waals surface area contributed by atoms with Gasteiger partial charge >= 0.3 is 0 Å². The van der Waals surface area contributed by atoms with Crippen molar-refractivity contribution in [3.8, 4) is 22.7 Å². The monoisotopic (exact) mass is 450 g/mol. The van der Waals surface area contributed by atoms with Crippen LogP contribution >= 0.6 is 0 Å². The number of benzene rings is 3. The molecule has 1 aromatic heterocycles. The number of carbonyl (C=O) groups is 1. The van der Waals surface area contributed by atoms with E-state index in [4.69, 9.17) is 4.74 Å². The Labute approximate surface area is 201 Å². The zero-order chi connectivity index (χ0) is 23.5. The minimum Gasteiger partial charge on any atom is -0.497 e. The van der Waals surface area contributed by atoms with Crippen molar-refractivity contribution in [3.05, 3.63) is 107 Å². The van der Waals surface area contributed by atoms with Crippen LogP contribution in [0.4, 0.5) is 0 Å². The number of rotatable bonds is 6. The first-order valence-electron chi connectivity index (χ1n) is 11.9. The Morgan fingerprint density at radius 3 is 2.44 bits per heavy atom. The van der Waals surface area contributed by atoms with Crippen LogP contribution in [0.1, 0.15) is 40.5 Å². The lowest BCUT2D eigenvalue weighted by atomic mass is 9.89. The van der Waals surface area contributed by atoms with E-state index >= 15 is 0 Å². The summed E-state index contributed by atoms with van der Waals surface area (Å²) in [5.74, 6) is 1.44. The van der Waals surface area contributed by atoms with Crippen LogP contribution in [-0.2, 0) is 19.4 Å². The minimum atomic E-state index is -0.0750. The Hall–Kier alpha value is -3.79. The molecule has 0 unspecified atom stereocenters. The Kier molecular flexibility index (Phi) is 6.22. The summed E-state index contributed by atoms with van der Waals surface area (Å²) >= 11 is 0. The van der Waals surface area contributed by atoms with Crippen molar-refractivity contribution in [2.75, 3.05) is 7.11 Å². The largest absolute Gasteiger partial charge is 0.497 e. The second-order valence-electron chi connectivity index (χ2n) is 9.13. The Balaban J connectivity index is 1.39. The molecular weight excluding hydrogens is 420 g/mol. The van der Waals surface area contributed by atoms with E-state index in [9.17, 15) is 4.79 Å². The molecule has 4 nitrogen and oxygen atoms in total. The van der Waals surface area contributed by atoms with Crippen LogP contribution in [-0.4, -0.2) is 17.6 Å². The first-order valence-corrected chi connectivity index (χ1v) is 11.9. The molecule has 5 rings (SSSR count). The quantitative estimate of drug-likeness (QED) is 0.380. The highest BCUT2D eigenvalue weighted by Gasteiger charge is 2.23. The van der Waals surface area contributed by atoms with Gasteiger partial charge in [-0.05, 0) is 84.3 Å². The predicted octanol–water partition coefficient (Wildman–Crippen LogP) is 6.21. The van der Waals surface area contributed by atoms with E-state index in [1.807, 2.05) is 36.4 Å². The third kappa shape index (κ3) is 4.49. The highest BCUT2D eigenvalue weighted by Crippen LogP contribution is 2.35. The molecule has 0 saturated heterocycles. The summed E-state index contributed by atoms with van der Waals surface area (Å²) in [4.78, 5) is 12.8. The lowest BCUT2D eigenvalue weighted by Crippen LogP contribution is -2.22. The van der Waals surface area contributed by atoms with Gasteiger partial charge in [0.25, 0.3) is 5.91 Å². The van der Waals surface area contributed by atoms with Crippen LogP contribution in [0.25, 0.3) is 16.9 Å². The molecule has 0 fully saturated rings. The van der Waals surface area contributed by atoms with Gasteiger partial charge in [0.15, 0.2) is 0 Å². The van der Waals surface area contributed by atoms with Gasteiger partial charge in [-0.15, -0.1) is 0 Å². The number of nitrogens with zero attached hydrogens (tertiary/aromatic N) is 1. The van der Waals surface area contributed by atoms with Gasteiger partial charge < -0.3 is 14.6 Å². The van der Waals surface area contributed by atoms with Gasteiger partial charge in [-0.1, -0.05) is 49.4 Å². The standard InChI is InChI=1S/C30H30N2O2/c1-21-8-17-28-25(18-21)19-29(23-6-4-3-5-7-23)32(28)26-13-11-24(12-14-26)30(33)31-20-22-9-15-27(34-2)16-10-22/h3-7,9-16,19,21H,8,17-18,20H2,1-2H3,(H,31,33)/t21-/m1/s1. The maximum Gasteiger partial charge on any atom is 0.251 e. The lowest BCUT2D eigenvalue weighted by molar-refractivity contribution is 0.0951. The smallest absolute Gasteiger partial charge is 0.251 e. The lowest BCUT2D eigenvalue weighted by Gasteiger charge is -2.21. The van der Waals surface area contributed by atoms with Crippen LogP contribution in [0.3, 0.4) is 0 Å². The van der Waals surface area contributed by atoms with Gasteiger partial charge in [0.2, 0.25) is 0 Å². The fourth-order valence-corrected chi connectivity index (χ4v) is 4.82. The van der Waals surface area contributed by atoms with Crippen molar-refractivity contribution < 1.29 is 9.53 Å². The molecule has 1 aliphatic carbocycles. The molecule has 4 heteroatoms. The Morgan fingerprint density at radius 1 is 1.00 bits per heavy atom. The second-order valence-corrected chi connectivity index (χ2v) is 9.13. The first-order chi connectivity index (χ1) is 16.6. The molecule has 0 spiro atoms. The molecule has 34 heavy (non-hydrogen) atoms. The molecule has 172 valence electrons. The van der Waals surface area contributed by atoms with Crippen molar-refractivity contribution in [3.63, 3.8) is 0 Å². The topological polar surface area (TPSA) is 43.3 Å². The summed E-state index contributed by atoms with van der Waals surface area (Å²) in [5.41, 5.74) is 8.07. The van der Waals surface area contributed by atoms with Crippen LogP contribution in [0.15, 0.2) is 84.9 Å². The summed E-state index contributed by atoms with van der Waals surface area (Å²) in [5, 5.41) is 3.01. The van der Waals surface area contributed by atoms with Gasteiger partial charge in [-0.2, -0.15) is 0 Å². The third-order valence-corrected chi connectivity index (χ3v) is 6.70. The van der Waals surface area contributed by atoms with Crippen molar-refractivity contribution in [2.45, 2.75) is 32.7 Å². The third-order valence-electron chi connectivity index (χ3n) is 6.70. The number of nitrogens with one attached hydrogen (secondary N) is 1. The number of hydrogen-bond acceptors (Lipinski definition) is 2. The molecule has 0 saturated carbocycles. The van der Waals surface area contributed by atoms with E-state index in [2.05, 4.69) is 65.3 Å². The zero-order valence-corrected chi connectivity index (χ0v) is 19.8. The number of aromatic nitrogens is 1. The summed E-state index contributed by atoms with van der Waals surface area (Å²) in [6.07, 6.45) is 3.40. The van der Waals surface area contributed by atoms with E-state index in [1.54, 1.807) is 7.11 Å². The number of hydrogen-bond donors (Lipinski definition) is 1. The maximum absolute atomic E-state index is 12.8. The van der Waals surface area contributed by atoms with Gasteiger partial charge in [-0.3, -0.25) is 4.79 Å². The first kappa shape index (κ1) is 22.0. The van der Waals surface area contributed by atoms with Gasteiger partial charge in [0.05, 0.1) is 12.8 Å². The Bertz CT molecular complexity index is 1270. The van der Waals surface area contributed by atoms with Crippen LogP contribution in [0.2, 0.25) is 0 Å². The summed E-state index contributed by atoms with van der Waals surface area (Å²) < 4.78 is 7.58. The SMILES string of the molecule is COc1ccc(CNC(=O)c2ccc(-n3c(-c4ccccc4)cc4c3CC[C@@H](C)C4)cc2)cc1. The molecule has 0 radical (unpaired) electrons. The van der Waals surface area contributed by atoms with Gasteiger partial charge in [-0.25, -0.2) is 0 Å². The van der Waals surface area contributed by atoms with Crippen molar-refractivity contribution in [2.24, 2.45) is 5.92 Å². The summed E-state index contributed by atoms with van der Waals surface area (Å²) in [6, 6.07) is 28.6. The molecule has 3 aromatic carbocycles. The average Bonchev–Trinajstić information content (AvgIpc) is 3.26. The fourth-order valence-electron chi connectivity index (χ4n) is 4.82. The number of ether oxygens (including phenoxy) is 1. The number of amides is 1. The molecule has 1 aliphatic rings.